The van der Waals surface area contributed by atoms with Crippen molar-refractivity contribution < 1.29 is 24.1 Å². The molecule has 0 bridgehead atoms. The molecule has 0 atom stereocenters. The van der Waals surface area contributed by atoms with Gasteiger partial charge in [-0.25, -0.2) is 4.79 Å². The number of nitro groups is 2. The molecule has 2 aromatic carbocycles. The quantitative estimate of drug-likeness (QED) is 0.396. The minimum Gasteiger partial charge on any atom is -0.497 e. The van der Waals surface area contributed by atoms with Crippen molar-refractivity contribution in [3.8, 4) is 5.75 Å². The number of methoxy groups -OCH3 is 2. The van der Waals surface area contributed by atoms with Crippen LogP contribution in [0.1, 0.15) is 10.4 Å². The SMILES string of the molecule is COC(=O)c1cc([N+](=O)[O-])c(N2CCN(c3ccc(OC)cc3)CC2)c([N+](=O)[O-])c1. The predicted octanol–water partition coefficient (Wildman–Crippen LogP) is 2.62. The van der Waals surface area contributed by atoms with Crippen LogP contribution < -0.4 is 14.5 Å². The molecule has 2 aromatic rings. The number of anilines is 2. The van der Waals surface area contributed by atoms with Crippen molar-refractivity contribution in [1.29, 1.82) is 0 Å². The zero-order valence-electron chi connectivity index (χ0n) is 16.4. The molecule has 1 fully saturated rings. The third kappa shape index (κ3) is 4.09. The zero-order chi connectivity index (χ0) is 21.8. The highest BCUT2D eigenvalue weighted by molar-refractivity contribution is 5.94. The second-order valence-corrected chi connectivity index (χ2v) is 6.54. The summed E-state index contributed by atoms with van der Waals surface area (Å²) >= 11 is 0. The largest absolute Gasteiger partial charge is 0.497 e. The van der Waals surface area contributed by atoms with Crippen molar-refractivity contribution in [2.45, 2.75) is 0 Å². The fourth-order valence-corrected chi connectivity index (χ4v) is 3.42. The van der Waals surface area contributed by atoms with E-state index in [9.17, 15) is 25.0 Å². The lowest BCUT2D eigenvalue weighted by Gasteiger charge is -2.36. The van der Waals surface area contributed by atoms with E-state index in [2.05, 4.69) is 9.64 Å². The van der Waals surface area contributed by atoms with E-state index in [0.29, 0.717) is 26.2 Å². The Balaban J connectivity index is 1.90. The minimum atomic E-state index is -0.878. The van der Waals surface area contributed by atoms with Crippen LogP contribution in [0.25, 0.3) is 0 Å². The van der Waals surface area contributed by atoms with Crippen molar-refractivity contribution in [3.63, 3.8) is 0 Å². The Labute approximate surface area is 171 Å². The highest BCUT2D eigenvalue weighted by Gasteiger charge is 2.34. The smallest absolute Gasteiger partial charge is 0.338 e. The number of nitro benzene ring substituents is 2. The molecule has 30 heavy (non-hydrogen) atoms. The molecule has 0 N–H and O–H groups in total. The molecule has 11 heteroatoms. The van der Waals surface area contributed by atoms with Gasteiger partial charge >= 0.3 is 17.3 Å². The van der Waals surface area contributed by atoms with Gasteiger partial charge < -0.3 is 19.3 Å². The van der Waals surface area contributed by atoms with Crippen LogP contribution in [0.15, 0.2) is 36.4 Å². The summed E-state index contributed by atoms with van der Waals surface area (Å²) in [6.07, 6.45) is 0. The van der Waals surface area contributed by atoms with Crippen molar-refractivity contribution in [1.82, 2.24) is 0 Å². The fourth-order valence-electron chi connectivity index (χ4n) is 3.42. The van der Waals surface area contributed by atoms with E-state index >= 15 is 0 Å². The summed E-state index contributed by atoms with van der Waals surface area (Å²) in [5.74, 6) is -0.147. The van der Waals surface area contributed by atoms with Crippen molar-refractivity contribution in [2.75, 3.05) is 50.2 Å². The molecule has 1 heterocycles. The monoisotopic (exact) mass is 416 g/mol. The summed E-state index contributed by atoms with van der Waals surface area (Å²) in [5, 5.41) is 23.3. The Hall–Kier alpha value is -3.89. The number of esters is 1. The first-order chi connectivity index (χ1) is 14.3. The van der Waals surface area contributed by atoms with E-state index in [1.165, 1.54) is 0 Å². The number of piperazine rings is 1. The first-order valence-corrected chi connectivity index (χ1v) is 9.04. The first-order valence-electron chi connectivity index (χ1n) is 9.04. The van der Waals surface area contributed by atoms with Crippen molar-refractivity contribution in [2.24, 2.45) is 0 Å². The number of carbonyl (C=O) groups is 1. The Morgan fingerprint density at radius 1 is 0.900 bits per heavy atom. The van der Waals surface area contributed by atoms with Crippen LogP contribution in [-0.2, 0) is 4.74 Å². The number of ether oxygens (including phenoxy) is 2. The number of carbonyl (C=O) groups excluding carboxylic acids is 1. The van der Waals surface area contributed by atoms with Gasteiger partial charge in [0.1, 0.15) is 5.75 Å². The van der Waals surface area contributed by atoms with E-state index in [1.54, 1.807) is 12.0 Å². The Bertz CT molecular complexity index is 934. The molecule has 1 aliphatic heterocycles. The minimum absolute atomic E-state index is 0.105. The third-order valence-corrected chi connectivity index (χ3v) is 4.92. The summed E-state index contributed by atoms with van der Waals surface area (Å²) in [7, 11) is 2.69. The molecule has 3 rings (SSSR count). The maximum absolute atomic E-state index is 11.8. The van der Waals surface area contributed by atoms with Crippen LogP contribution >= 0.6 is 0 Å². The molecule has 0 aromatic heterocycles. The maximum atomic E-state index is 11.8. The molecule has 0 unspecified atom stereocenters. The normalized spacial score (nSPS) is 13.7. The molecule has 0 aliphatic carbocycles. The van der Waals surface area contributed by atoms with E-state index in [0.717, 1.165) is 30.7 Å². The molecular formula is C19H20N4O7. The number of nitrogens with zero attached hydrogens (tertiary/aromatic N) is 4. The highest BCUT2D eigenvalue weighted by Crippen LogP contribution is 2.39. The van der Waals surface area contributed by atoms with Gasteiger partial charge in [0.2, 0.25) is 0 Å². The van der Waals surface area contributed by atoms with Crippen LogP contribution in [-0.4, -0.2) is 56.2 Å². The second-order valence-electron chi connectivity index (χ2n) is 6.54. The van der Waals surface area contributed by atoms with Crippen LogP contribution in [0.5, 0.6) is 5.75 Å². The van der Waals surface area contributed by atoms with Crippen LogP contribution in [0.2, 0.25) is 0 Å². The fraction of sp³-hybridized carbons (Fsp3) is 0.316. The number of rotatable bonds is 6. The van der Waals surface area contributed by atoms with Crippen LogP contribution in [0.3, 0.4) is 0 Å². The van der Waals surface area contributed by atoms with Gasteiger partial charge in [-0.15, -0.1) is 0 Å². The molecule has 11 nitrogen and oxygen atoms in total. The molecule has 0 spiro atoms. The molecule has 1 saturated heterocycles. The Morgan fingerprint density at radius 3 is 1.83 bits per heavy atom. The molecule has 158 valence electrons. The van der Waals surface area contributed by atoms with E-state index in [1.807, 2.05) is 24.3 Å². The summed E-state index contributed by atoms with van der Waals surface area (Å²) in [6, 6.07) is 9.52. The lowest BCUT2D eigenvalue weighted by Crippen LogP contribution is -2.46. The van der Waals surface area contributed by atoms with Gasteiger partial charge in [0, 0.05) is 44.0 Å². The lowest BCUT2D eigenvalue weighted by atomic mass is 10.1. The molecular weight excluding hydrogens is 396 g/mol. The van der Waals surface area contributed by atoms with Gasteiger partial charge in [0.05, 0.1) is 29.6 Å². The molecule has 0 amide bonds. The summed E-state index contributed by atoms with van der Waals surface area (Å²) < 4.78 is 9.71. The van der Waals surface area contributed by atoms with Crippen molar-refractivity contribution >= 4 is 28.7 Å². The predicted molar refractivity (Wildman–Crippen MR) is 109 cm³/mol. The van der Waals surface area contributed by atoms with Gasteiger partial charge in [-0.2, -0.15) is 0 Å². The van der Waals surface area contributed by atoms with Crippen LogP contribution in [0, 0.1) is 20.2 Å². The summed E-state index contributed by atoms with van der Waals surface area (Å²) in [6.45, 7) is 1.70. The zero-order valence-corrected chi connectivity index (χ0v) is 16.4. The summed E-state index contributed by atoms with van der Waals surface area (Å²) in [5.41, 5.74) is -0.381. The topological polar surface area (TPSA) is 128 Å². The van der Waals surface area contributed by atoms with Gasteiger partial charge in [-0.05, 0) is 24.3 Å². The standard InChI is InChI=1S/C19H20N4O7/c1-29-15-5-3-14(4-6-15)20-7-9-21(10-8-20)18-16(22(25)26)11-13(19(24)30-2)12-17(18)23(27)28/h3-6,11-12H,7-10H2,1-2H3. The first kappa shape index (κ1) is 20.8. The summed E-state index contributed by atoms with van der Waals surface area (Å²) in [4.78, 5) is 37.3. The van der Waals surface area contributed by atoms with Crippen LogP contribution in [0.4, 0.5) is 22.7 Å². The van der Waals surface area contributed by atoms with E-state index in [-0.39, 0.29) is 11.3 Å². The van der Waals surface area contributed by atoms with Gasteiger partial charge in [-0.1, -0.05) is 0 Å². The van der Waals surface area contributed by atoms with E-state index in [4.69, 9.17) is 4.74 Å². The van der Waals surface area contributed by atoms with E-state index < -0.39 is 27.2 Å². The molecule has 0 radical (unpaired) electrons. The van der Waals surface area contributed by atoms with Gasteiger partial charge in [0.25, 0.3) is 0 Å². The third-order valence-electron chi connectivity index (χ3n) is 4.92. The average Bonchev–Trinajstić information content (AvgIpc) is 2.77. The van der Waals surface area contributed by atoms with Gasteiger partial charge in [-0.3, -0.25) is 20.2 Å². The number of hydrogen-bond donors (Lipinski definition) is 0. The Morgan fingerprint density at radius 2 is 1.40 bits per heavy atom. The lowest BCUT2D eigenvalue weighted by molar-refractivity contribution is -0.392. The number of hydrogen-bond acceptors (Lipinski definition) is 9. The van der Waals surface area contributed by atoms with Gasteiger partial charge in [0.15, 0.2) is 5.69 Å². The molecule has 0 saturated carbocycles. The second kappa shape index (κ2) is 8.64. The highest BCUT2D eigenvalue weighted by atomic mass is 16.6. The maximum Gasteiger partial charge on any atom is 0.338 e. The number of benzene rings is 2. The van der Waals surface area contributed by atoms with Crippen molar-refractivity contribution in [3.05, 3.63) is 62.2 Å². The Kier molecular flexibility index (Phi) is 6.00. The molecule has 1 aliphatic rings. The average molecular weight is 416 g/mol.